The molecule has 0 aliphatic carbocycles. The van der Waals surface area contributed by atoms with E-state index in [0.29, 0.717) is 55.3 Å². The van der Waals surface area contributed by atoms with Crippen LogP contribution in [-0.4, -0.2) is 29.0 Å². The quantitative estimate of drug-likeness (QED) is 0.288. The number of piperidine rings is 1. The van der Waals surface area contributed by atoms with E-state index < -0.39 is 5.72 Å². The molecule has 3 heterocycles. The molecule has 0 N–H and O–H groups in total. The molecule has 41 heavy (non-hydrogen) atoms. The standard InChI is InChI=1S/C35H32N2O4/c1-35-21-28(30-15-8-16-31(33(30)41-35)40-23-24-9-3-2-4-10-24)20-32(38)37(35)29-14-7-13-26(19-29)34(39)36-18-17-25-11-5-6-12-27(25)22-36/h2-16,19,28H,17-18,20-23H2,1H3. The Kier molecular flexibility index (Phi) is 6.26. The fourth-order valence-electron chi connectivity index (χ4n) is 6.57. The zero-order valence-electron chi connectivity index (χ0n) is 23.1. The van der Waals surface area contributed by atoms with Crippen molar-refractivity contribution in [1.82, 2.24) is 4.90 Å². The van der Waals surface area contributed by atoms with E-state index in [1.165, 1.54) is 11.1 Å². The third kappa shape index (κ3) is 4.63. The predicted molar refractivity (Wildman–Crippen MR) is 157 cm³/mol. The fourth-order valence-corrected chi connectivity index (χ4v) is 6.57. The molecule has 0 radical (unpaired) electrons. The Labute approximate surface area is 240 Å². The average Bonchev–Trinajstić information content (AvgIpc) is 3.00. The van der Waals surface area contributed by atoms with E-state index in [9.17, 15) is 9.59 Å². The maximum atomic E-state index is 13.7. The monoisotopic (exact) mass is 544 g/mol. The van der Waals surface area contributed by atoms with Crippen molar-refractivity contribution >= 4 is 17.5 Å². The number of hydrogen-bond donors (Lipinski definition) is 0. The van der Waals surface area contributed by atoms with E-state index in [2.05, 4.69) is 12.1 Å². The molecule has 3 aliphatic heterocycles. The lowest BCUT2D eigenvalue weighted by Gasteiger charge is -2.50. The van der Waals surface area contributed by atoms with Gasteiger partial charge in [-0.3, -0.25) is 14.5 Å². The first kappa shape index (κ1) is 25.4. The van der Waals surface area contributed by atoms with Gasteiger partial charge in [0, 0.05) is 48.7 Å². The van der Waals surface area contributed by atoms with Gasteiger partial charge in [-0.2, -0.15) is 0 Å². The summed E-state index contributed by atoms with van der Waals surface area (Å²) in [6.07, 6.45) is 1.87. The number of amides is 2. The summed E-state index contributed by atoms with van der Waals surface area (Å²) in [5.41, 5.74) is 4.90. The summed E-state index contributed by atoms with van der Waals surface area (Å²) in [6.45, 7) is 3.65. The number of carbonyl (C=O) groups excluding carboxylic acids is 2. The highest BCUT2D eigenvalue weighted by molar-refractivity contribution is 6.00. The van der Waals surface area contributed by atoms with E-state index in [1.807, 2.05) is 96.8 Å². The minimum Gasteiger partial charge on any atom is -0.485 e. The summed E-state index contributed by atoms with van der Waals surface area (Å²) >= 11 is 0. The topological polar surface area (TPSA) is 59.1 Å². The highest BCUT2D eigenvalue weighted by atomic mass is 16.5. The van der Waals surface area contributed by atoms with Crippen LogP contribution in [0, 0.1) is 0 Å². The number of anilines is 1. The van der Waals surface area contributed by atoms with Gasteiger partial charge in [-0.1, -0.05) is 72.8 Å². The minimum atomic E-state index is -0.912. The summed E-state index contributed by atoms with van der Waals surface area (Å²) in [6, 6.07) is 31.7. The molecule has 3 aliphatic rings. The SMILES string of the molecule is CC12CC(CC(=O)N1c1cccc(C(=O)N3CCc4ccccc4C3)c1)c1cccc(OCc3ccccc3)c1O2. The van der Waals surface area contributed by atoms with Crippen molar-refractivity contribution in [2.24, 2.45) is 0 Å². The molecular weight excluding hydrogens is 512 g/mol. The lowest BCUT2D eigenvalue weighted by molar-refractivity contribution is -0.127. The van der Waals surface area contributed by atoms with Crippen LogP contribution in [0.4, 0.5) is 5.69 Å². The minimum absolute atomic E-state index is 0.0125. The maximum Gasteiger partial charge on any atom is 0.254 e. The summed E-state index contributed by atoms with van der Waals surface area (Å²) in [5.74, 6) is 1.36. The van der Waals surface area contributed by atoms with Crippen LogP contribution >= 0.6 is 0 Å². The van der Waals surface area contributed by atoms with E-state index in [0.717, 1.165) is 17.5 Å². The Balaban J connectivity index is 1.16. The van der Waals surface area contributed by atoms with Crippen molar-refractivity contribution in [3.8, 4) is 11.5 Å². The van der Waals surface area contributed by atoms with Crippen LogP contribution in [0.1, 0.15) is 58.3 Å². The third-order valence-corrected chi connectivity index (χ3v) is 8.55. The second kappa shape index (κ2) is 10.1. The maximum absolute atomic E-state index is 13.7. The molecule has 2 amide bonds. The van der Waals surface area contributed by atoms with Gasteiger partial charge in [0.05, 0.1) is 0 Å². The van der Waals surface area contributed by atoms with E-state index in [1.54, 1.807) is 4.90 Å². The number of para-hydroxylation sites is 1. The molecule has 2 unspecified atom stereocenters. The van der Waals surface area contributed by atoms with Crippen LogP contribution < -0.4 is 14.4 Å². The largest absolute Gasteiger partial charge is 0.485 e. The first-order valence-electron chi connectivity index (χ1n) is 14.3. The molecule has 4 aromatic carbocycles. The zero-order valence-corrected chi connectivity index (χ0v) is 23.1. The first-order chi connectivity index (χ1) is 20.0. The number of carbonyl (C=O) groups is 2. The third-order valence-electron chi connectivity index (χ3n) is 8.55. The van der Waals surface area contributed by atoms with Crippen LogP contribution in [0.5, 0.6) is 11.5 Å². The Morgan fingerprint density at radius 1 is 0.951 bits per heavy atom. The number of fused-ring (bicyclic) bond motifs is 5. The normalized spacial score (nSPS) is 21.0. The lowest BCUT2D eigenvalue weighted by Crippen LogP contribution is -2.60. The van der Waals surface area contributed by atoms with Gasteiger partial charge in [-0.05, 0) is 54.3 Å². The van der Waals surface area contributed by atoms with Crippen LogP contribution in [0.15, 0.2) is 97.1 Å². The van der Waals surface area contributed by atoms with Gasteiger partial charge in [-0.15, -0.1) is 0 Å². The zero-order chi connectivity index (χ0) is 28.0. The smallest absolute Gasteiger partial charge is 0.254 e. The van der Waals surface area contributed by atoms with Crippen LogP contribution in [0.2, 0.25) is 0 Å². The predicted octanol–water partition coefficient (Wildman–Crippen LogP) is 6.48. The second-order valence-corrected chi connectivity index (χ2v) is 11.4. The molecule has 6 nitrogen and oxygen atoms in total. The van der Waals surface area contributed by atoms with Crippen molar-refractivity contribution in [1.29, 1.82) is 0 Å². The highest BCUT2D eigenvalue weighted by Crippen LogP contribution is 2.52. The van der Waals surface area contributed by atoms with Gasteiger partial charge >= 0.3 is 0 Å². The molecule has 6 heteroatoms. The highest BCUT2D eigenvalue weighted by Gasteiger charge is 2.50. The van der Waals surface area contributed by atoms with E-state index in [-0.39, 0.29) is 17.7 Å². The Bertz CT molecular complexity index is 1630. The number of ether oxygens (including phenoxy) is 2. The summed E-state index contributed by atoms with van der Waals surface area (Å²) in [5, 5.41) is 0. The number of hydrogen-bond acceptors (Lipinski definition) is 4. The van der Waals surface area contributed by atoms with Crippen molar-refractivity contribution in [2.75, 3.05) is 11.4 Å². The van der Waals surface area contributed by atoms with Crippen LogP contribution in [-0.2, 0) is 24.4 Å². The molecular formula is C35H32N2O4. The number of benzene rings is 4. The fraction of sp³-hybridized carbons (Fsp3) is 0.257. The van der Waals surface area contributed by atoms with Gasteiger partial charge < -0.3 is 14.4 Å². The summed E-state index contributed by atoms with van der Waals surface area (Å²) in [4.78, 5) is 30.9. The van der Waals surface area contributed by atoms with E-state index >= 15 is 0 Å². The van der Waals surface area contributed by atoms with Crippen molar-refractivity contribution in [3.05, 3.63) is 125 Å². The molecule has 0 saturated carbocycles. The van der Waals surface area contributed by atoms with Crippen molar-refractivity contribution in [2.45, 2.75) is 51.0 Å². The average molecular weight is 545 g/mol. The van der Waals surface area contributed by atoms with Gasteiger partial charge in [0.2, 0.25) is 5.91 Å². The van der Waals surface area contributed by atoms with Crippen molar-refractivity contribution < 1.29 is 19.1 Å². The van der Waals surface area contributed by atoms with Crippen LogP contribution in [0.25, 0.3) is 0 Å². The molecule has 1 saturated heterocycles. The molecule has 4 aromatic rings. The number of nitrogens with zero attached hydrogens (tertiary/aromatic N) is 2. The lowest BCUT2D eigenvalue weighted by atomic mass is 9.80. The molecule has 0 spiro atoms. The van der Waals surface area contributed by atoms with Crippen molar-refractivity contribution in [3.63, 3.8) is 0 Å². The van der Waals surface area contributed by atoms with Gasteiger partial charge in [-0.25, -0.2) is 0 Å². The Morgan fingerprint density at radius 3 is 2.59 bits per heavy atom. The molecule has 206 valence electrons. The van der Waals surface area contributed by atoms with Gasteiger partial charge in [0.25, 0.3) is 5.91 Å². The Hall–Kier alpha value is -4.58. The molecule has 2 bridgehead atoms. The van der Waals surface area contributed by atoms with Gasteiger partial charge in [0.15, 0.2) is 17.2 Å². The molecule has 2 atom stereocenters. The Morgan fingerprint density at radius 2 is 1.73 bits per heavy atom. The number of rotatable bonds is 5. The van der Waals surface area contributed by atoms with E-state index in [4.69, 9.17) is 9.47 Å². The molecule has 7 rings (SSSR count). The molecule has 1 fully saturated rings. The second-order valence-electron chi connectivity index (χ2n) is 11.4. The van der Waals surface area contributed by atoms with Gasteiger partial charge in [0.1, 0.15) is 6.61 Å². The summed E-state index contributed by atoms with van der Waals surface area (Å²) < 4.78 is 12.9. The first-order valence-corrected chi connectivity index (χ1v) is 14.3. The molecule has 0 aromatic heterocycles. The summed E-state index contributed by atoms with van der Waals surface area (Å²) in [7, 11) is 0. The van der Waals surface area contributed by atoms with Crippen LogP contribution in [0.3, 0.4) is 0 Å².